The van der Waals surface area contributed by atoms with Gasteiger partial charge in [0.25, 0.3) is 0 Å². The van der Waals surface area contributed by atoms with Crippen LogP contribution in [0.25, 0.3) is 11.4 Å². The van der Waals surface area contributed by atoms with E-state index >= 15 is 0 Å². The van der Waals surface area contributed by atoms with Gasteiger partial charge in [-0.05, 0) is 35.0 Å². The number of carboxylic acids is 1. The maximum absolute atomic E-state index is 14.0. The average molecular weight is 294 g/mol. The van der Waals surface area contributed by atoms with Crippen LogP contribution in [0.5, 0.6) is 0 Å². The summed E-state index contributed by atoms with van der Waals surface area (Å²) in [5.41, 5.74) is 1.05. The minimum absolute atomic E-state index is 0.123. The van der Waals surface area contributed by atoms with Gasteiger partial charge < -0.3 is 9.84 Å². The molecular formula is C13H15FN4O3. The summed E-state index contributed by atoms with van der Waals surface area (Å²) in [5.74, 6) is -1.18. The summed E-state index contributed by atoms with van der Waals surface area (Å²) in [5, 5.41) is 19.9. The number of hydrogen-bond donors (Lipinski definition) is 1. The zero-order chi connectivity index (χ0) is 15.4. The highest BCUT2D eigenvalue weighted by Gasteiger charge is 2.19. The molecular weight excluding hydrogens is 279 g/mol. The van der Waals surface area contributed by atoms with Crippen molar-refractivity contribution in [3.05, 3.63) is 29.6 Å². The maximum atomic E-state index is 14.0. The molecule has 0 aliphatic heterocycles. The fraction of sp³-hybridized carbons (Fsp3) is 0.385. The molecule has 1 aromatic heterocycles. The van der Waals surface area contributed by atoms with Crippen molar-refractivity contribution in [1.82, 2.24) is 20.2 Å². The van der Waals surface area contributed by atoms with Gasteiger partial charge in [-0.3, -0.25) is 4.79 Å². The smallest absolute Gasteiger partial charge is 0.306 e. The molecule has 0 amide bonds. The molecule has 1 N–H and O–H groups in total. The van der Waals surface area contributed by atoms with Crippen molar-refractivity contribution in [2.45, 2.75) is 26.0 Å². The zero-order valence-electron chi connectivity index (χ0n) is 11.7. The van der Waals surface area contributed by atoms with Gasteiger partial charge in [0.05, 0.1) is 24.6 Å². The first kappa shape index (κ1) is 15.0. The van der Waals surface area contributed by atoms with Crippen molar-refractivity contribution in [2.75, 3.05) is 7.11 Å². The normalized spacial score (nSPS) is 12.3. The van der Waals surface area contributed by atoms with Gasteiger partial charge >= 0.3 is 5.97 Å². The third-order valence-electron chi connectivity index (χ3n) is 3.01. The summed E-state index contributed by atoms with van der Waals surface area (Å²) >= 11 is 0. The van der Waals surface area contributed by atoms with Gasteiger partial charge in [-0.15, -0.1) is 5.10 Å². The SMILES string of the molecule is COC(CC(=O)O)Cn1nnnc1-c1ccc(C)cc1F. The number of methoxy groups -OCH3 is 1. The Morgan fingerprint density at radius 3 is 2.90 bits per heavy atom. The van der Waals surface area contributed by atoms with Crippen molar-refractivity contribution in [1.29, 1.82) is 0 Å². The predicted molar refractivity (Wildman–Crippen MR) is 71.0 cm³/mol. The summed E-state index contributed by atoms with van der Waals surface area (Å²) < 4.78 is 20.4. The van der Waals surface area contributed by atoms with E-state index in [2.05, 4.69) is 15.5 Å². The van der Waals surface area contributed by atoms with Crippen LogP contribution in [0, 0.1) is 12.7 Å². The number of hydrogen-bond acceptors (Lipinski definition) is 5. The van der Waals surface area contributed by atoms with Crippen molar-refractivity contribution >= 4 is 5.97 Å². The Labute approximate surface area is 120 Å². The van der Waals surface area contributed by atoms with Crippen LogP contribution in [-0.4, -0.2) is 44.5 Å². The number of ether oxygens (including phenoxy) is 1. The number of benzene rings is 1. The van der Waals surface area contributed by atoms with E-state index in [1.165, 1.54) is 17.9 Å². The van der Waals surface area contributed by atoms with Crippen LogP contribution in [0.1, 0.15) is 12.0 Å². The lowest BCUT2D eigenvalue weighted by Gasteiger charge is -2.13. The molecule has 2 rings (SSSR count). The summed E-state index contributed by atoms with van der Waals surface area (Å²) in [6, 6.07) is 4.73. The number of carboxylic acid groups (broad SMARTS) is 1. The molecule has 2 aromatic rings. The molecule has 1 atom stereocenters. The number of aromatic nitrogens is 4. The molecule has 112 valence electrons. The number of tetrazole rings is 1. The van der Waals surface area contributed by atoms with Crippen LogP contribution in [0.4, 0.5) is 4.39 Å². The van der Waals surface area contributed by atoms with Crippen LogP contribution in [0.2, 0.25) is 0 Å². The summed E-state index contributed by atoms with van der Waals surface area (Å²) in [4.78, 5) is 10.7. The Morgan fingerprint density at radius 1 is 1.52 bits per heavy atom. The van der Waals surface area contributed by atoms with Gasteiger partial charge in [0.1, 0.15) is 5.82 Å². The first-order chi connectivity index (χ1) is 10.0. The highest BCUT2D eigenvalue weighted by atomic mass is 19.1. The van der Waals surface area contributed by atoms with Gasteiger partial charge in [-0.25, -0.2) is 9.07 Å². The van der Waals surface area contributed by atoms with E-state index in [-0.39, 0.29) is 24.4 Å². The second-order valence-electron chi connectivity index (χ2n) is 4.62. The lowest BCUT2D eigenvalue weighted by atomic mass is 10.1. The largest absolute Gasteiger partial charge is 0.481 e. The molecule has 8 heteroatoms. The van der Waals surface area contributed by atoms with Crippen LogP contribution in [0.3, 0.4) is 0 Å². The summed E-state index contributed by atoms with van der Waals surface area (Å²) in [7, 11) is 1.41. The van der Waals surface area contributed by atoms with Crippen LogP contribution in [0.15, 0.2) is 18.2 Å². The molecule has 0 saturated carbocycles. The molecule has 0 saturated heterocycles. The molecule has 0 aliphatic carbocycles. The molecule has 0 radical (unpaired) electrons. The first-order valence-electron chi connectivity index (χ1n) is 6.28. The number of carbonyl (C=O) groups is 1. The molecule has 0 aliphatic rings. The highest BCUT2D eigenvalue weighted by Crippen LogP contribution is 2.21. The Morgan fingerprint density at radius 2 is 2.29 bits per heavy atom. The number of halogens is 1. The molecule has 1 unspecified atom stereocenters. The molecule has 0 fully saturated rings. The minimum atomic E-state index is -0.988. The molecule has 7 nitrogen and oxygen atoms in total. The van der Waals surface area contributed by atoms with Gasteiger partial charge in [-0.1, -0.05) is 6.07 Å². The third kappa shape index (κ3) is 3.60. The fourth-order valence-electron chi connectivity index (χ4n) is 1.93. The molecule has 0 spiro atoms. The number of aryl methyl sites for hydroxylation is 1. The summed E-state index contributed by atoms with van der Waals surface area (Å²) in [6.45, 7) is 1.90. The van der Waals surface area contributed by atoms with Crippen molar-refractivity contribution < 1.29 is 19.0 Å². The second-order valence-corrected chi connectivity index (χ2v) is 4.62. The predicted octanol–water partition coefficient (Wildman–Crippen LogP) is 1.28. The van der Waals surface area contributed by atoms with E-state index in [1.807, 2.05) is 0 Å². The molecule has 1 heterocycles. The summed E-state index contributed by atoms with van der Waals surface area (Å²) in [6.07, 6.45) is -0.787. The van der Waals surface area contributed by atoms with Gasteiger partial charge in [0.15, 0.2) is 5.82 Å². The van der Waals surface area contributed by atoms with E-state index in [4.69, 9.17) is 9.84 Å². The standard InChI is InChI=1S/C13H15FN4O3/c1-8-3-4-10(11(14)5-8)13-15-16-17-18(13)7-9(21-2)6-12(19)20/h3-5,9H,6-7H2,1-2H3,(H,19,20). The highest BCUT2D eigenvalue weighted by molar-refractivity contribution is 5.67. The average Bonchev–Trinajstić information content (AvgIpc) is 2.85. The fourth-order valence-corrected chi connectivity index (χ4v) is 1.93. The third-order valence-corrected chi connectivity index (χ3v) is 3.01. The van der Waals surface area contributed by atoms with Crippen molar-refractivity contribution in [3.8, 4) is 11.4 Å². The zero-order valence-corrected chi connectivity index (χ0v) is 11.7. The van der Waals surface area contributed by atoms with Crippen LogP contribution >= 0.6 is 0 Å². The van der Waals surface area contributed by atoms with Crippen LogP contribution in [-0.2, 0) is 16.1 Å². The van der Waals surface area contributed by atoms with E-state index < -0.39 is 17.9 Å². The number of aliphatic carboxylic acids is 1. The Kier molecular flexibility index (Phi) is 4.59. The molecule has 21 heavy (non-hydrogen) atoms. The Bertz CT molecular complexity index is 644. The number of rotatable bonds is 6. The maximum Gasteiger partial charge on any atom is 0.306 e. The van der Waals surface area contributed by atoms with E-state index in [1.54, 1.807) is 19.1 Å². The van der Waals surface area contributed by atoms with Gasteiger partial charge in [0.2, 0.25) is 0 Å². The lowest BCUT2D eigenvalue weighted by molar-refractivity contribution is -0.140. The van der Waals surface area contributed by atoms with E-state index in [0.717, 1.165) is 5.56 Å². The second kappa shape index (κ2) is 6.40. The lowest BCUT2D eigenvalue weighted by Crippen LogP contribution is -2.23. The topological polar surface area (TPSA) is 90.1 Å². The number of nitrogens with zero attached hydrogens (tertiary/aromatic N) is 4. The monoisotopic (exact) mass is 294 g/mol. The van der Waals surface area contributed by atoms with E-state index in [9.17, 15) is 9.18 Å². The minimum Gasteiger partial charge on any atom is -0.481 e. The van der Waals surface area contributed by atoms with E-state index in [0.29, 0.717) is 0 Å². The van der Waals surface area contributed by atoms with Gasteiger partial charge in [0, 0.05) is 7.11 Å². The van der Waals surface area contributed by atoms with Crippen molar-refractivity contribution in [3.63, 3.8) is 0 Å². The van der Waals surface area contributed by atoms with Crippen molar-refractivity contribution in [2.24, 2.45) is 0 Å². The van der Waals surface area contributed by atoms with Gasteiger partial charge in [-0.2, -0.15) is 0 Å². The molecule has 0 bridgehead atoms. The molecule has 1 aromatic carbocycles. The Balaban J connectivity index is 2.27. The first-order valence-corrected chi connectivity index (χ1v) is 6.28. The van der Waals surface area contributed by atoms with Crippen LogP contribution < -0.4 is 0 Å². The quantitative estimate of drug-likeness (QED) is 0.863. The Hall–Kier alpha value is -2.35.